The Morgan fingerprint density at radius 2 is 2.00 bits per heavy atom. The van der Waals surface area contributed by atoms with E-state index in [1.165, 1.54) is 7.11 Å². The summed E-state index contributed by atoms with van der Waals surface area (Å²) >= 11 is 0. The zero-order valence-corrected chi connectivity index (χ0v) is 16.6. The van der Waals surface area contributed by atoms with E-state index in [2.05, 4.69) is 20.4 Å². The van der Waals surface area contributed by atoms with Crippen LogP contribution < -0.4 is 10.2 Å². The molecule has 0 saturated carbocycles. The summed E-state index contributed by atoms with van der Waals surface area (Å²) in [4.78, 5) is 26.9. The van der Waals surface area contributed by atoms with Gasteiger partial charge in [0.05, 0.1) is 30.5 Å². The lowest BCUT2D eigenvalue weighted by Crippen LogP contribution is -2.41. The summed E-state index contributed by atoms with van der Waals surface area (Å²) in [5, 5.41) is 11.4. The third-order valence-corrected chi connectivity index (χ3v) is 5.13. The first-order valence-corrected chi connectivity index (χ1v) is 9.76. The fourth-order valence-corrected chi connectivity index (χ4v) is 3.56. The van der Waals surface area contributed by atoms with Crippen LogP contribution in [0.4, 0.5) is 11.5 Å². The largest absolute Gasteiger partial charge is 0.465 e. The molecule has 154 valence electrons. The van der Waals surface area contributed by atoms with Crippen LogP contribution in [0.3, 0.4) is 0 Å². The van der Waals surface area contributed by atoms with Gasteiger partial charge >= 0.3 is 5.97 Å². The summed E-state index contributed by atoms with van der Waals surface area (Å²) < 4.78 is 10.1. The van der Waals surface area contributed by atoms with Gasteiger partial charge in [0.25, 0.3) is 0 Å². The molecule has 1 unspecified atom stereocenters. The molecule has 1 atom stereocenters. The molecule has 1 saturated heterocycles. The third kappa shape index (κ3) is 4.17. The number of anilines is 2. The summed E-state index contributed by atoms with van der Waals surface area (Å²) in [6, 6.07) is 14.2. The van der Waals surface area contributed by atoms with Gasteiger partial charge in [-0.05, 0) is 49.2 Å². The van der Waals surface area contributed by atoms with E-state index in [0.717, 1.165) is 25.2 Å². The lowest BCUT2D eigenvalue weighted by molar-refractivity contribution is -0.120. The summed E-state index contributed by atoms with van der Waals surface area (Å²) in [6.07, 6.45) is 3.22. The molecule has 1 amide bonds. The highest BCUT2D eigenvalue weighted by atomic mass is 16.5. The minimum absolute atomic E-state index is 0.129. The van der Waals surface area contributed by atoms with Gasteiger partial charge in [0.1, 0.15) is 5.69 Å². The number of methoxy groups -OCH3 is 1. The van der Waals surface area contributed by atoms with Crippen LogP contribution in [0.15, 0.2) is 59.2 Å². The van der Waals surface area contributed by atoms with Crippen molar-refractivity contribution in [1.29, 1.82) is 0 Å². The Morgan fingerprint density at radius 1 is 1.13 bits per heavy atom. The summed E-state index contributed by atoms with van der Waals surface area (Å²) in [5.74, 6) is 0.544. The van der Waals surface area contributed by atoms with E-state index in [9.17, 15) is 9.59 Å². The number of benzene rings is 1. The van der Waals surface area contributed by atoms with E-state index in [1.807, 2.05) is 18.2 Å². The van der Waals surface area contributed by atoms with Gasteiger partial charge in [0, 0.05) is 13.1 Å². The second kappa shape index (κ2) is 8.77. The maximum atomic E-state index is 12.9. The topological polar surface area (TPSA) is 97.6 Å². The van der Waals surface area contributed by atoms with Crippen molar-refractivity contribution in [1.82, 2.24) is 10.2 Å². The first-order valence-electron chi connectivity index (χ1n) is 9.76. The van der Waals surface area contributed by atoms with Crippen molar-refractivity contribution in [2.75, 3.05) is 30.4 Å². The van der Waals surface area contributed by atoms with Gasteiger partial charge in [-0.1, -0.05) is 12.1 Å². The van der Waals surface area contributed by atoms with Crippen molar-refractivity contribution >= 4 is 23.4 Å². The number of piperidine rings is 1. The van der Waals surface area contributed by atoms with Gasteiger partial charge in [-0.3, -0.25) is 4.79 Å². The number of nitrogens with zero attached hydrogens (tertiary/aromatic N) is 3. The second-order valence-electron chi connectivity index (χ2n) is 7.07. The molecule has 3 aromatic rings. The Balaban J connectivity index is 1.44. The molecule has 0 aliphatic carbocycles. The lowest BCUT2D eigenvalue weighted by atomic mass is 9.96. The van der Waals surface area contributed by atoms with Crippen LogP contribution in [0.5, 0.6) is 0 Å². The normalized spacial score (nSPS) is 16.2. The summed E-state index contributed by atoms with van der Waals surface area (Å²) in [6.45, 7) is 1.33. The van der Waals surface area contributed by atoms with E-state index in [1.54, 1.807) is 36.6 Å². The molecule has 8 heteroatoms. The van der Waals surface area contributed by atoms with Gasteiger partial charge in [0.2, 0.25) is 5.91 Å². The van der Waals surface area contributed by atoms with Gasteiger partial charge < -0.3 is 19.4 Å². The maximum absolute atomic E-state index is 12.9. The molecule has 0 radical (unpaired) electrons. The van der Waals surface area contributed by atoms with Gasteiger partial charge in [-0.2, -0.15) is 0 Å². The lowest BCUT2D eigenvalue weighted by Gasteiger charge is -2.32. The Labute approximate surface area is 173 Å². The fraction of sp³-hybridized carbons (Fsp3) is 0.273. The molecule has 1 fully saturated rings. The van der Waals surface area contributed by atoms with Crippen LogP contribution >= 0.6 is 0 Å². The number of aromatic nitrogens is 2. The zero-order valence-electron chi connectivity index (χ0n) is 16.6. The molecule has 30 heavy (non-hydrogen) atoms. The number of furan rings is 1. The zero-order chi connectivity index (χ0) is 20.9. The number of hydrogen-bond donors (Lipinski definition) is 1. The molecular formula is C22H22N4O4. The highest BCUT2D eigenvalue weighted by molar-refractivity contribution is 6.02. The van der Waals surface area contributed by atoms with Crippen LogP contribution in [0, 0.1) is 5.92 Å². The number of nitrogens with one attached hydrogen (secondary N) is 1. The van der Waals surface area contributed by atoms with Crippen LogP contribution in [0.25, 0.3) is 11.5 Å². The SMILES string of the molecule is COC(=O)c1ccccc1NC(=O)C1CCCN(c2ccc(-c3ccco3)nn2)C1. The average molecular weight is 406 g/mol. The number of rotatable bonds is 5. The van der Waals surface area contributed by atoms with Crippen molar-refractivity contribution in [3.05, 3.63) is 60.4 Å². The number of carbonyl (C=O) groups is 2. The van der Waals surface area contributed by atoms with E-state index >= 15 is 0 Å². The Morgan fingerprint density at radius 3 is 2.73 bits per heavy atom. The van der Waals surface area contributed by atoms with Crippen LogP contribution in [-0.2, 0) is 9.53 Å². The molecule has 2 aromatic heterocycles. The predicted molar refractivity (Wildman–Crippen MR) is 111 cm³/mol. The minimum Gasteiger partial charge on any atom is -0.465 e. The van der Waals surface area contributed by atoms with Crippen molar-refractivity contribution in [2.24, 2.45) is 5.92 Å². The first kappa shape index (κ1) is 19.6. The molecule has 1 aliphatic rings. The quantitative estimate of drug-likeness (QED) is 0.649. The first-order chi connectivity index (χ1) is 14.7. The maximum Gasteiger partial charge on any atom is 0.339 e. The van der Waals surface area contributed by atoms with Crippen molar-refractivity contribution < 1.29 is 18.7 Å². The molecule has 4 rings (SSSR count). The van der Waals surface area contributed by atoms with E-state index in [-0.39, 0.29) is 11.8 Å². The molecule has 8 nitrogen and oxygen atoms in total. The Bertz CT molecular complexity index is 1020. The smallest absolute Gasteiger partial charge is 0.339 e. The highest BCUT2D eigenvalue weighted by Gasteiger charge is 2.27. The van der Waals surface area contributed by atoms with Crippen LogP contribution in [0.1, 0.15) is 23.2 Å². The number of hydrogen-bond acceptors (Lipinski definition) is 7. The molecular weight excluding hydrogens is 384 g/mol. The summed E-state index contributed by atoms with van der Waals surface area (Å²) in [7, 11) is 1.32. The molecule has 1 aliphatic heterocycles. The monoisotopic (exact) mass is 406 g/mol. The Kier molecular flexibility index (Phi) is 5.74. The number of amides is 1. The minimum atomic E-state index is -0.483. The number of ether oxygens (including phenoxy) is 1. The number of para-hydroxylation sites is 1. The van der Waals surface area contributed by atoms with Crippen molar-refractivity contribution in [3.8, 4) is 11.5 Å². The van der Waals surface area contributed by atoms with E-state index in [4.69, 9.17) is 9.15 Å². The highest BCUT2D eigenvalue weighted by Crippen LogP contribution is 2.25. The summed E-state index contributed by atoms with van der Waals surface area (Å²) in [5.41, 5.74) is 1.45. The molecule has 1 aromatic carbocycles. The van der Waals surface area contributed by atoms with Gasteiger partial charge in [0.15, 0.2) is 11.6 Å². The van der Waals surface area contributed by atoms with Crippen LogP contribution in [-0.4, -0.2) is 42.3 Å². The van der Waals surface area contributed by atoms with Gasteiger partial charge in [-0.25, -0.2) is 4.79 Å². The van der Waals surface area contributed by atoms with Crippen molar-refractivity contribution in [3.63, 3.8) is 0 Å². The fourth-order valence-electron chi connectivity index (χ4n) is 3.56. The van der Waals surface area contributed by atoms with Crippen molar-refractivity contribution in [2.45, 2.75) is 12.8 Å². The molecule has 3 heterocycles. The molecule has 0 spiro atoms. The molecule has 1 N–H and O–H groups in total. The average Bonchev–Trinajstić information content (AvgIpc) is 3.34. The Hall–Kier alpha value is -3.68. The number of esters is 1. The van der Waals surface area contributed by atoms with Gasteiger partial charge in [-0.15, -0.1) is 10.2 Å². The van der Waals surface area contributed by atoms with E-state index in [0.29, 0.717) is 29.2 Å². The van der Waals surface area contributed by atoms with Crippen LogP contribution in [0.2, 0.25) is 0 Å². The third-order valence-electron chi connectivity index (χ3n) is 5.13. The standard InChI is InChI=1S/C22H22N4O4/c1-29-22(28)16-7-2-3-8-17(16)23-21(27)15-6-4-12-26(14-15)20-11-10-18(24-25-20)19-9-5-13-30-19/h2-3,5,7-11,13,15H,4,6,12,14H2,1H3,(H,23,27). The predicted octanol–water partition coefficient (Wildman–Crippen LogP) is 3.38. The van der Waals surface area contributed by atoms with E-state index < -0.39 is 5.97 Å². The molecule has 0 bridgehead atoms. The second-order valence-corrected chi connectivity index (χ2v) is 7.07. The number of carbonyl (C=O) groups excluding carboxylic acids is 2.